The average molecular weight is 638 g/mol. The van der Waals surface area contributed by atoms with Crippen molar-refractivity contribution in [3.63, 3.8) is 0 Å². The van der Waals surface area contributed by atoms with Crippen LogP contribution in [0.2, 0.25) is 5.02 Å². The third-order valence-corrected chi connectivity index (χ3v) is 7.00. The van der Waals surface area contributed by atoms with Gasteiger partial charge in [0.1, 0.15) is 12.3 Å². The second kappa shape index (κ2) is 12.6. The van der Waals surface area contributed by atoms with Gasteiger partial charge in [0.05, 0.1) is 34.6 Å². The molecule has 3 amide bonds. The lowest BCUT2D eigenvalue weighted by molar-refractivity contribution is -0.385. The quantitative estimate of drug-likeness (QED) is 0.153. The fourth-order valence-electron chi connectivity index (χ4n) is 3.78. The van der Waals surface area contributed by atoms with Crippen LogP contribution in [0.1, 0.15) is 11.1 Å². The highest BCUT2D eigenvalue weighted by molar-refractivity contribution is 8.18. The number of ether oxygens (including phenoxy) is 3. The maximum Gasteiger partial charge on any atom is 0.416 e. The number of imide groups is 1. The predicted octanol–water partition coefficient (Wildman–Crippen LogP) is 6.75. The van der Waals surface area contributed by atoms with Crippen LogP contribution in [0.4, 0.5) is 29.3 Å². The number of nitrogens with one attached hydrogen (secondary N) is 1. The summed E-state index contributed by atoms with van der Waals surface area (Å²) in [4.78, 5) is 49.1. The van der Waals surface area contributed by atoms with Crippen molar-refractivity contribution < 1.29 is 46.7 Å². The number of halogens is 4. The fraction of sp³-hybridized carbons (Fsp3) is 0.148. The van der Waals surface area contributed by atoms with Gasteiger partial charge in [0, 0.05) is 11.8 Å². The zero-order valence-electron chi connectivity index (χ0n) is 22.1. The number of alkyl halides is 3. The Morgan fingerprint density at radius 1 is 1.02 bits per heavy atom. The lowest BCUT2D eigenvalue weighted by atomic mass is 10.1. The van der Waals surface area contributed by atoms with E-state index in [-0.39, 0.29) is 21.4 Å². The van der Waals surface area contributed by atoms with Crippen molar-refractivity contribution in [2.45, 2.75) is 6.18 Å². The molecule has 0 atom stereocenters. The summed E-state index contributed by atoms with van der Waals surface area (Å²) in [5.41, 5.74) is -1.44. The number of hydrogen-bond donors (Lipinski definition) is 1. The molecule has 0 bridgehead atoms. The van der Waals surface area contributed by atoms with Crippen molar-refractivity contribution in [3.8, 4) is 23.0 Å². The van der Waals surface area contributed by atoms with Crippen LogP contribution in [0.25, 0.3) is 6.08 Å². The summed E-state index contributed by atoms with van der Waals surface area (Å²) in [6, 6.07) is 10.5. The summed E-state index contributed by atoms with van der Waals surface area (Å²) in [6.07, 6.45) is -3.43. The Kier molecular flexibility index (Phi) is 9.16. The number of nitro groups is 1. The van der Waals surface area contributed by atoms with Gasteiger partial charge in [-0.05, 0) is 65.9 Å². The summed E-state index contributed by atoms with van der Waals surface area (Å²) in [6.45, 7) is -0.562. The normalized spacial score (nSPS) is 14.2. The Morgan fingerprint density at radius 3 is 2.33 bits per heavy atom. The molecule has 43 heavy (non-hydrogen) atoms. The average Bonchev–Trinajstić information content (AvgIpc) is 3.20. The molecule has 0 radical (unpaired) electrons. The van der Waals surface area contributed by atoms with Crippen LogP contribution in [-0.4, -0.2) is 47.6 Å². The molecule has 3 aromatic carbocycles. The van der Waals surface area contributed by atoms with Crippen molar-refractivity contribution >= 4 is 57.9 Å². The molecule has 11 nitrogen and oxygen atoms in total. The first-order valence-corrected chi connectivity index (χ1v) is 13.1. The van der Waals surface area contributed by atoms with Crippen LogP contribution in [0.15, 0.2) is 59.5 Å². The van der Waals surface area contributed by atoms with E-state index in [1.54, 1.807) is 0 Å². The number of carbonyl (C=O) groups is 3. The van der Waals surface area contributed by atoms with Gasteiger partial charge in [-0.3, -0.25) is 29.4 Å². The molecule has 0 spiro atoms. The minimum absolute atomic E-state index is 0.000564. The largest absolute Gasteiger partial charge is 0.495 e. The Morgan fingerprint density at radius 2 is 1.70 bits per heavy atom. The van der Waals surface area contributed by atoms with Gasteiger partial charge in [-0.25, -0.2) is 0 Å². The number of amides is 3. The molecule has 16 heteroatoms. The molecule has 4 rings (SSSR count). The molecule has 0 saturated carbocycles. The van der Waals surface area contributed by atoms with E-state index in [0.29, 0.717) is 40.9 Å². The molecule has 1 aliphatic rings. The summed E-state index contributed by atoms with van der Waals surface area (Å²) in [5, 5.41) is 13.5. The van der Waals surface area contributed by atoms with E-state index in [4.69, 9.17) is 25.8 Å². The van der Waals surface area contributed by atoms with Crippen molar-refractivity contribution in [1.82, 2.24) is 4.90 Å². The number of hydrogen-bond acceptors (Lipinski definition) is 9. The number of nitrogens with zero attached hydrogens (tertiary/aromatic N) is 2. The Labute approximate surface area is 250 Å². The predicted molar refractivity (Wildman–Crippen MR) is 150 cm³/mol. The molecule has 1 heterocycles. The molecule has 1 saturated heterocycles. The molecule has 1 fully saturated rings. The molecular formula is C27H19ClF3N3O8S. The third kappa shape index (κ3) is 7.18. The Bertz CT molecular complexity index is 1660. The summed E-state index contributed by atoms with van der Waals surface area (Å²) < 4.78 is 54.9. The van der Waals surface area contributed by atoms with Crippen molar-refractivity contribution in [2.75, 3.05) is 26.1 Å². The van der Waals surface area contributed by atoms with Gasteiger partial charge >= 0.3 is 11.9 Å². The highest BCUT2D eigenvalue weighted by atomic mass is 35.5. The van der Waals surface area contributed by atoms with Crippen LogP contribution in [0, 0.1) is 10.1 Å². The monoisotopic (exact) mass is 637 g/mol. The second-order valence-corrected chi connectivity index (χ2v) is 10.0. The zero-order valence-corrected chi connectivity index (χ0v) is 23.6. The van der Waals surface area contributed by atoms with E-state index in [9.17, 15) is 37.7 Å². The number of methoxy groups -OCH3 is 2. The maximum absolute atomic E-state index is 13.0. The molecule has 0 aromatic heterocycles. The Hall–Kier alpha value is -4.76. The first-order valence-electron chi connectivity index (χ1n) is 11.9. The lowest BCUT2D eigenvalue weighted by Crippen LogP contribution is -2.36. The summed E-state index contributed by atoms with van der Waals surface area (Å²) >= 11 is 6.65. The number of benzene rings is 3. The van der Waals surface area contributed by atoms with E-state index in [2.05, 4.69) is 5.32 Å². The van der Waals surface area contributed by atoms with Crippen LogP contribution in [-0.2, 0) is 15.8 Å². The number of anilines is 1. The van der Waals surface area contributed by atoms with E-state index in [0.717, 1.165) is 11.0 Å². The summed E-state index contributed by atoms with van der Waals surface area (Å²) in [5.74, 6) is -1.47. The highest BCUT2D eigenvalue weighted by Gasteiger charge is 2.37. The van der Waals surface area contributed by atoms with Gasteiger partial charge < -0.3 is 19.5 Å². The van der Waals surface area contributed by atoms with E-state index in [1.807, 2.05) is 0 Å². The second-order valence-electron chi connectivity index (χ2n) is 8.62. The van der Waals surface area contributed by atoms with E-state index in [1.165, 1.54) is 56.7 Å². The highest BCUT2D eigenvalue weighted by Crippen LogP contribution is 2.41. The van der Waals surface area contributed by atoms with Crippen LogP contribution >= 0.6 is 23.4 Å². The number of rotatable bonds is 9. The summed E-state index contributed by atoms with van der Waals surface area (Å²) in [7, 11) is 2.69. The smallest absolute Gasteiger partial charge is 0.416 e. The van der Waals surface area contributed by atoms with Crippen molar-refractivity contribution in [2.24, 2.45) is 0 Å². The van der Waals surface area contributed by atoms with Gasteiger partial charge in [-0.1, -0.05) is 17.7 Å². The minimum Gasteiger partial charge on any atom is -0.495 e. The molecule has 1 aliphatic heterocycles. The number of carbonyl (C=O) groups excluding carboxylic acids is 3. The standard InChI is InChI=1S/C27H19ClF3N3O8S/c1-40-19-8-5-16(12-17(19)28)32-24(35)13-33-25(36)23(43-26(33)37)10-14-3-6-21(22(9-14)41-2)42-20-7-4-15(27(29,30)31)11-18(20)34(38)39/h3-12H,13H2,1-2H3,(H,32,35)/b23-10+. The van der Waals surface area contributed by atoms with Gasteiger partial charge in [-0.15, -0.1) is 0 Å². The molecule has 3 aromatic rings. The minimum atomic E-state index is -4.79. The zero-order chi connectivity index (χ0) is 31.5. The number of nitro benzene ring substituents is 1. The van der Waals surface area contributed by atoms with Crippen LogP contribution in [0.5, 0.6) is 23.0 Å². The van der Waals surface area contributed by atoms with Crippen molar-refractivity contribution in [1.29, 1.82) is 0 Å². The molecule has 224 valence electrons. The first-order chi connectivity index (χ1) is 20.3. The van der Waals surface area contributed by atoms with Crippen LogP contribution in [0.3, 0.4) is 0 Å². The molecular weight excluding hydrogens is 619 g/mol. The third-order valence-electron chi connectivity index (χ3n) is 5.80. The van der Waals surface area contributed by atoms with Gasteiger partial charge in [0.25, 0.3) is 11.1 Å². The van der Waals surface area contributed by atoms with E-state index >= 15 is 0 Å². The first kappa shape index (κ1) is 31.2. The lowest BCUT2D eigenvalue weighted by Gasteiger charge is -2.13. The number of thioether (sulfide) groups is 1. The SMILES string of the molecule is COc1ccc(NC(=O)CN2C(=O)S/C(=C/c3ccc(Oc4ccc(C(F)(F)F)cc4[N+](=O)[O-])c(OC)c3)C2=O)cc1Cl. The molecule has 0 aliphatic carbocycles. The van der Waals surface area contributed by atoms with Crippen molar-refractivity contribution in [3.05, 3.63) is 85.8 Å². The molecule has 0 unspecified atom stereocenters. The topological polar surface area (TPSA) is 137 Å². The maximum atomic E-state index is 13.0. The van der Waals surface area contributed by atoms with Gasteiger partial charge in [0.15, 0.2) is 11.5 Å². The molecule has 1 N–H and O–H groups in total. The van der Waals surface area contributed by atoms with Gasteiger partial charge in [-0.2, -0.15) is 13.2 Å². The van der Waals surface area contributed by atoms with Crippen LogP contribution < -0.4 is 19.5 Å². The van der Waals surface area contributed by atoms with E-state index < -0.39 is 51.7 Å². The Balaban J connectivity index is 1.49. The fourth-order valence-corrected chi connectivity index (χ4v) is 4.87. The van der Waals surface area contributed by atoms with Gasteiger partial charge in [0.2, 0.25) is 11.7 Å².